The summed E-state index contributed by atoms with van der Waals surface area (Å²) in [5.41, 5.74) is 2.57. The Bertz CT molecular complexity index is 655. The molecule has 0 unspecified atom stereocenters. The fourth-order valence-corrected chi connectivity index (χ4v) is 2.00. The van der Waals surface area contributed by atoms with E-state index in [0.29, 0.717) is 11.5 Å². The maximum Gasteiger partial charge on any atom is 0.182 e. The summed E-state index contributed by atoms with van der Waals surface area (Å²) in [7, 11) is 0. The van der Waals surface area contributed by atoms with Gasteiger partial charge in [0.25, 0.3) is 0 Å². The second kappa shape index (κ2) is 6.09. The van der Waals surface area contributed by atoms with E-state index in [0.717, 1.165) is 23.6 Å². The molecule has 0 aliphatic heterocycles. The fraction of sp³-hybridized carbons (Fsp3) is 0.125. The van der Waals surface area contributed by atoms with Gasteiger partial charge >= 0.3 is 0 Å². The van der Waals surface area contributed by atoms with E-state index in [1.54, 1.807) is 18.6 Å². The van der Waals surface area contributed by atoms with Crippen LogP contribution in [0, 0.1) is 0 Å². The first-order chi connectivity index (χ1) is 10.4. The summed E-state index contributed by atoms with van der Waals surface area (Å²) in [6.45, 7) is 2.83. The van der Waals surface area contributed by atoms with Gasteiger partial charge in [0.2, 0.25) is 0 Å². The van der Waals surface area contributed by atoms with Crippen molar-refractivity contribution in [1.29, 1.82) is 0 Å². The number of hydrogen-bond donors (Lipinski definition) is 1. The van der Waals surface area contributed by atoms with Gasteiger partial charge < -0.3 is 5.32 Å². The molecule has 0 saturated heterocycles. The highest BCUT2D eigenvalue weighted by atomic mass is 15.0. The van der Waals surface area contributed by atoms with Crippen molar-refractivity contribution in [1.82, 2.24) is 19.9 Å². The molecule has 1 aromatic carbocycles. The number of nitrogens with zero attached hydrogens (tertiary/aromatic N) is 4. The number of nitrogens with one attached hydrogen (secondary N) is 1. The van der Waals surface area contributed by atoms with E-state index in [-0.39, 0.29) is 0 Å². The van der Waals surface area contributed by atoms with Crippen molar-refractivity contribution >= 4 is 5.82 Å². The van der Waals surface area contributed by atoms with Crippen LogP contribution in [0.1, 0.15) is 6.92 Å². The first-order valence-corrected chi connectivity index (χ1v) is 6.81. The molecule has 0 amide bonds. The molecule has 0 aliphatic carbocycles. The monoisotopic (exact) mass is 277 g/mol. The van der Waals surface area contributed by atoms with E-state index in [1.807, 2.05) is 43.3 Å². The van der Waals surface area contributed by atoms with Crippen LogP contribution in [0.25, 0.3) is 22.8 Å². The zero-order valence-corrected chi connectivity index (χ0v) is 11.7. The van der Waals surface area contributed by atoms with Crippen molar-refractivity contribution < 1.29 is 0 Å². The Morgan fingerprint density at radius 3 is 2.57 bits per heavy atom. The number of anilines is 1. The Kier molecular flexibility index (Phi) is 3.82. The van der Waals surface area contributed by atoms with Gasteiger partial charge in [0, 0.05) is 30.6 Å². The Morgan fingerprint density at radius 2 is 1.86 bits per heavy atom. The standard InChI is InChI=1S/C16H15N5/c1-2-18-15-10-13(12-6-4-3-5-7-12)20-16(21-15)14-11-17-8-9-19-14/h3-11H,2H2,1H3,(H,18,20,21). The quantitative estimate of drug-likeness (QED) is 0.794. The Balaban J connectivity index is 2.11. The van der Waals surface area contributed by atoms with E-state index in [2.05, 4.69) is 25.3 Å². The molecular formula is C16H15N5. The minimum Gasteiger partial charge on any atom is -0.370 e. The topological polar surface area (TPSA) is 63.6 Å². The summed E-state index contributed by atoms with van der Waals surface area (Å²) < 4.78 is 0. The lowest BCUT2D eigenvalue weighted by atomic mass is 10.1. The summed E-state index contributed by atoms with van der Waals surface area (Å²) in [5.74, 6) is 1.35. The van der Waals surface area contributed by atoms with E-state index < -0.39 is 0 Å². The van der Waals surface area contributed by atoms with Crippen LogP contribution in [-0.2, 0) is 0 Å². The number of benzene rings is 1. The molecule has 5 nitrogen and oxygen atoms in total. The maximum absolute atomic E-state index is 4.60. The molecule has 0 fully saturated rings. The summed E-state index contributed by atoms with van der Waals surface area (Å²) >= 11 is 0. The third-order valence-electron chi connectivity index (χ3n) is 2.95. The van der Waals surface area contributed by atoms with Crippen LogP contribution < -0.4 is 5.32 Å². The normalized spacial score (nSPS) is 10.3. The van der Waals surface area contributed by atoms with Crippen LogP contribution in [0.5, 0.6) is 0 Å². The smallest absolute Gasteiger partial charge is 0.182 e. The van der Waals surface area contributed by atoms with Crippen molar-refractivity contribution in [3.8, 4) is 22.8 Å². The zero-order valence-electron chi connectivity index (χ0n) is 11.7. The predicted octanol–water partition coefficient (Wildman–Crippen LogP) is 3.03. The van der Waals surface area contributed by atoms with Gasteiger partial charge in [-0.15, -0.1) is 0 Å². The number of hydrogen-bond acceptors (Lipinski definition) is 5. The average Bonchev–Trinajstić information content (AvgIpc) is 2.56. The number of rotatable bonds is 4. The van der Waals surface area contributed by atoms with Crippen LogP contribution in [0.15, 0.2) is 55.0 Å². The molecule has 104 valence electrons. The fourth-order valence-electron chi connectivity index (χ4n) is 2.00. The Morgan fingerprint density at radius 1 is 1.00 bits per heavy atom. The second-order valence-electron chi connectivity index (χ2n) is 4.45. The molecule has 3 aromatic rings. The van der Waals surface area contributed by atoms with Crippen molar-refractivity contribution in [3.63, 3.8) is 0 Å². The van der Waals surface area contributed by atoms with Crippen LogP contribution in [0.3, 0.4) is 0 Å². The van der Waals surface area contributed by atoms with Gasteiger partial charge in [-0.2, -0.15) is 0 Å². The van der Waals surface area contributed by atoms with Crippen molar-refractivity contribution in [2.45, 2.75) is 6.92 Å². The highest BCUT2D eigenvalue weighted by Crippen LogP contribution is 2.22. The second-order valence-corrected chi connectivity index (χ2v) is 4.45. The van der Waals surface area contributed by atoms with Crippen molar-refractivity contribution in [2.75, 3.05) is 11.9 Å². The van der Waals surface area contributed by atoms with Gasteiger partial charge in [-0.1, -0.05) is 30.3 Å². The molecule has 21 heavy (non-hydrogen) atoms. The average molecular weight is 277 g/mol. The third-order valence-corrected chi connectivity index (χ3v) is 2.95. The van der Waals surface area contributed by atoms with Gasteiger partial charge in [-0.25, -0.2) is 15.0 Å². The summed E-state index contributed by atoms with van der Waals surface area (Å²) in [6, 6.07) is 12.0. The van der Waals surface area contributed by atoms with Crippen LogP contribution >= 0.6 is 0 Å². The van der Waals surface area contributed by atoms with Crippen LogP contribution in [0.4, 0.5) is 5.82 Å². The predicted molar refractivity (Wildman–Crippen MR) is 82.7 cm³/mol. The van der Waals surface area contributed by atoms with Crippen molar-refractivity contribution in [2.24, 2.45) is 0 Å². The summed E-state index contributed by atoms with van der Waals surface area (Å²) in [4.78, 5) is 17.4. The molecule has 0 bridgehead atoms. The van der Waals surface area contributed by atoms with Gasteiger partial charge in [0.05, 0.1) is 11.9 Å². The first kappa shape index (κ1) is 13.2. The summed E-state index contributed by atoms with van der Waals surface area (Å²) in [6.07, 6.45) is 4.94. The lowest BCUT2D eigenvalue weighted by Crippen LogP contribution is -2.03. The molecule has 1 N–H and O–H groups in total. The van der Waals surface area contributed by atoms with Gasteiger partial charge in [-0.05, 0) is 6.92 Å². The first-order valence-electron chi connectivity index (χ1n) is 6.81. The highest BCUT2D eigenvalue weighted by Gasteiger charge is 2.09. The lowest BCUT2D eigenvalue weighted by molar-refractivity contribution is 1.09. The minimum absolute atomic E-state index is 0.570. The lowest BCUT2D eigenvalue weighted by Gasteiger charge is -2.08. The SMILES string of the molecule is CCNc1cc(-c2ccccc2)nc(-c2cnccn2)n1. The molecule has 0 atom stereocenters. The third kappa shape index (κ3) is 3.02. The Hall–Kier alpha value is -2.82. The molecule has 0 spiro atoms. The zero-order chi connectivity index (χ0) is 14.5. The van der Waals surface area contributed by atoms with Gasteiger partial charge in [-0.3, -0.25) is 4.98 Å². The minimum atomic E-state index is 0.570. The molecule has 5 heteroatoms. The van der Waals surface area contributed by atoms with Gasteiger partial charge in [0.1, 0.15) is 11.5 Å². The maximum atomic E-state index is 4.60. The molecule has 0 saturated carbocycles. The van der Waals surface area contributed by atoms with Gasteiger partial charge in [0.15, 0.2) is 5.82 Å². The molecule has 0 radical (unpaired) electrons. The van der Waals surface area contributed by atoms with E-state index in [4.69, 9.17) is 0 Å². The van der Waals surface area contributed by atoms with Crippen LogP contribution in [0.2, 0.25) is 0 Å². The van der Waals surface area contributed by atoms with Crippen LogP contribution in [-0.4, -0.2) is 26.5 Å². The van der Waals surface area contributed by atoms with E-state index >= 15 is 0 Å². The molecule has 3 rings (SSSR count). The Labute approximate surface area is 123 Å². The molecular weight excluding hydrogens is 262 g/mol. The molecule has 2 heterocycles. The molecule has 2 aromatic heterocycles. The van der Waals surface area contributed by atoms with Crippen molar-refractivity contribution in [3.05, 3.63) is 55.0 Å². The summed E-state index contributed by atoms with van der Waals surface area (Å²) in [5, 5.41) is 3.23. The number of aromatic nitrogens is 4. The largest absolute Gasteiger partial charge is 0.370 e. The highest BCUT2D eigenvalue weighted by molar-refractivity contribution is 5.66. The van der Waals surface area contributed by atoms with E-state index in [9.17, 15) is 0 Å². The molecule has 0 aliphatic rings. The van der Waals surface area contributed by atoms with E-state index in [1.165, 1.54) is 0 Å².